The van der Waals surface area contributed by atoms with Crippen molar-refractivity contribution < 1.29 is 14.3 Å². The van der Waals surface area contributed by atoms with E-state index in [1.54, 1.807) is 17.0 Å². The van der Waals surface area contributed by atoms with E-state index in [1.807, 2.05) is 50.2 Å². The summed E-state index contributed by atoms with van der Waals surface area (Å²) < 4.78 is 5.26. The zero-order chi connectivity index (χ0) is 17.8. The summed E-state index contributed by atoms with van der Waals surface area (Å²) in [6.07, 6.45) is 0.638. The second kappa shape index (κ2) is 7.40. The second-order valence-corrected chi connectivity index (χ2v) is 6.21. The lowest BCUT2D eigenvalue weighted by Crippen LogP contribution is -2.35. The number of hydrogen-bond donors (Lipinski definition) is 2. The van der Waals surface area contributed by atoms with Crippen molar-refractivity contribution in [3.05, 3.63) is 83.1 Å². The molecule has 2 N–H and O–H groups in total. The lowest BCUT2D eigenvalue weighted by Gasteiger charge is -2.25. The van der Waals surface area contributed by atoms with Crippen LogP contribution in [0.4, 0.5) is 0 Å². The lowest BCUT2D eigenvalue weighted by molar-refractivity contribution is 0.0558. The van der Waals surface area contributed by atoms with Crippen LogP contribution in [-0.2, 0) is 6.54 Å². The van der Waals surface area contributed by atoms with E-state index < -0.39 is 6.10 Å². The number of hydrogen-bond acceptors (Lipinski definition) is 3. The number of nitrogens with zero attached hydrogens (tertiary/aromatic N) is 1. The van der Waals surface area contributed by atoms with Crippen molar-refractivity contribution in [1.82, 2.24) is 9.88 Å². The van der Waals surface area contributed by atoms with Gasteiger partial charge >= 0.3 is 0 Å². The molecule has 3 rings (SSSR count). The predicted octanol–water partition coefficient (Wildman–Crippen LogP) is 3.60. The molecule has 0 saturated carbocycles. The molecule has 5 heteroatoms. The van der Waals surface area contributed by atoms with E-state index in [4.69, 9.17) is 4.42 Å². The molecule has 2 aromatic heterocycles. The SMILES string of the molecule is Cc1cc(C)c(C(=O)N(Cc2ccccc2)CC(O)c2ccco2)[nH]1. The Kier molecular flexibility index (Phi) is 5.05. The van der Waals surface area contributed by atoms with Gasteiger partial charge in [0.05, 0.1) is 12.8 Å². The van der Waals surface area contributed by atoms with E-state index in [-0.39, 0.29) is 12.5 Å². The van der Waals surface area contributed by atoms with Gasteiger partial charge in [0.25, 0.3) is 5.91 Å². The molecule has 0 aliphatic heterocycles. The lowest BCUT2D eigenvalue weighted by atomic mass is 10.1. The molecule has 0 radical (unpaired) electrons. The molecule has 3 aromatic rings. The molecule has 2 heterocycles. The minimum Gasteiger partial charge on any atom is -0.467 e. The van der Waals surface area contributed by atoms with Gasteiger partial charge in [-0.1, -0.05) is 30.3 Å². The number of carbonyl (C=O) groups excluding carboxylic acids is 1. The highest BCUT2D eigenvalue weighted by Crippen LogP contribution is 2.19. The van der Waals surface area contributed by atoms with Crippen LogP contribution in [0.15, 0.2) is 59.2 Å². The molecule has 1 unspecified atom stereocenters. The van der Waals surface area contributed by atoms with Gasteiger partial charge in [-0.2, -0.15) is 0 Å². The van der Waals surface area contributed by atoms with Crippen LogP contribution in [0.3, 0.4) is 0 Å². The summed E-state index contributed by atoms with van der Waals surface area (Å²) in [5.41, 5.74) is 3.39. The summed E-state index contributed by atoms with van der Waals surface area (Å²) in [7, 11) is 0. The molecule has 0 aliphatic carbocycles. The molecule has 0 bridgehead atoms. The normalized spacial score (nSPS) is 12.1. The number of furan rings is 1. The first kappa shape index (κ1) is 17.0. The first-order chi connectivity index (χ1) is 12.0. The molecule has 1 atom stereocenters. The van der Waals surface area contributed by atoms with Crippen LogP contribution in [-0.4, -0.2) is 27.4 Å². The molecule has 130 valence electrons. The third-order valence-corrected chi connectivity index (χ3v) is 4.13. The fourth-order valence-electron chi connectivity index (χ4n) is 2.91. The van der Waals surface area contributed by atoms with E-state index in [0.29, 0.717) is 18.0 Å². The summed E-state index contributed by atoms with van der Waals surface area (Å²) in [6.45, 7) is 4.39. The van der Waals surface area contributed by atoms with Crippen molar-refractivity contribution in [3.63, 3.8) is 0 Å². The third-order valence-electron chi connectivity index (χ3n) is 4.13. The van der Waals surface area contributed by atoms with Gasteiger partial charge in [0.2, 0.25) is 0 Å². The number of H-pyrrole nitrogens is 1. The van der Waals surface area contributed by atoms with Gasteiger partial charge in [-0.05, 0) is 43.2 Å². The average molecular weight is 338 g/mol. The van der Waals surface area contributed by atoms with Gasteiger partial charge in [0.15, 0.2) is 0 Å². The summed E-state index contributed by atoms with van der Waals surface area (Å²) in [5, 5.41) is 10.4. The Morgan fingerprint density at radius 1 is 1.20 bits per heavy atom. The van der Waals surface area contributed by atoms with Crippen LogP contribution in [0.1, 0.15) is 39.2 Å². The van der Waals surface area contributed by atoms with E-state index in [9.17, 15) is 9.90 Å². The monoisotopic (exact) mass is 338 g/mol. The van der Waals surface area contributed by atoms with E-state index in [0.717, 1.165) is 16.8 Å². The standard InChI is InChI=1S/C20H22N2O3/c1-14-11-15(2)21-19(14)20(24)22(12-16-7-4-3-5-8-16)13-17(23)18-9-6-10-25-18/h3-11,17,21,23H,12-13H2,1-2H3. The fourth-order valence-corrected chi connectivity index (χ4v) is 2.91. The summed E-state index contributed by atoms with van der Waals surface area (Å²) in [5.74, 6) is 0.310. The molecule has 0 fully saturated rings. The first-order valence-electron chi connectivity index (χ1n) is 8.25. The molecular formula is C20H22N2O3. The Morgan fingerprint density at radius 3 is 2.56 bits per heavy atom. The number of aliphatic hydroxyl groups excluding tert-OH is 1. The van der Waals surface area contributed by atoms with Crippen LogP contribution >= 0.6 is 0 Å². The van der Waals surface area contributed by atoms with Gasteiger partial charge < -0.3 is 19.4 Å². The largest absolute Gasteiger partial charge is 0.467 e. The molecule has 0 saturated heterocycles. The Bertz CT molecular complexity index is 822. The van der Waals surface area contributed by atoms with Gasteiger partial charge in [-0.25, -0.2) is 0 Å². The summed E-state index contributed by atoms with van der Waals surface area (Å²) in [6, 6.07) is 15.1. The molecule has 0 spiro atoms. The summed E-state index contributed by atoms with van der Waals surface area (Å²) in [4.78, 5) is 17.8. The zero-order valence-electron chi connectivity index (χ0n) is 14.4. The highest BCUT2D eigenvalue weighted by atomic mass is 16.4. The van der Waals surface area contributed by atoms with Gasteiger partial charge in [0.1, 0.15) is 17.6 Å². The van der Waals surface area contributed by atoms with Gasteiger partial charge in [-0.3, -0.25) is 4.79 Å². The number of aryl methyl sites for hydroxylation is 2. The Balaban J connectivity index is 1.85. The van der Waals surface area contributed by atoms with Crippen LogP contribution in [0, 0.1) is 13.8 Å². The number of rotatable bonds is 6. The number of nitrogens with one attached hydrogen (secondary N) is 1. The maximum Gasteiger partial charge on any atom is 0.270 e. The highest BCUT2D eigenvalue weighted by molar-refractivity contribution is 5.94. The van der Waals surface area contributed by atoms with Crippen LogP contribution in [0.2, 0.25) is 0 Å². The van der Waals surface area contributed by atoms with E-state index >= 15 is 0 Å². The Hall–Kier alpha value is -2.79. The zero-order valence-corrected chi connectivity index (χ0v) is 14.4. The molecule has 1 aromatic carbocycles. The smallest absolute Gasteiger partial charge is 0.270 e. The maximum atomic E-state index is 13.0. The van der Waals surface area contributed by atoms with Gasteiger partial charge in [0, 0.05) is 12.2 Å². The third kappa shape index (κ3) is 4.00. The number of aromatic nitrogens is 1. The number of aliphatic hydroxyl groups is 1. The highest BCUT2D eigenvalue weighted by Gasteiger charge is 2.24. The average Bonchev–Trinajstić information content (AvgIpc) is 3.24. The van der Waals surface area contributed by atoms with Crippen molar-refractivity contribution >= 4 is 5.91 Å². The molecule has 25 heavy (non-hydrogen) atoms. The second-order valence-electron chi connectivity index (χ2n) is 6.21. The van der Waals surface area contributed by atoms with Crippen molar-refractivity contribution in [2.45, 2.75) is 26.5 Å². The van der Waals surface area contributed by atoms with Crippen LogP contribution < -0.4 is 0 Å². The number of benzene rings is 1. The number of carbonyl (C=O) groups is 1. The molecule has 0 aliphatic rings. The van der Waals surface area contributed by atoms with E-state index in [2.05, 4.69) is 4.98 Å². The van der Waals surface area contributed by atoms with Gasteiger partial charge in [-0.15, -0.1) is 0 Å². The van der Waals surface area contributed by atoms with Crippen molar-refractivity contribution in [2.24, 2.45) is 0 Å². The van der Waals surface area contributed by atoms with E-state index in [1.165, 1.54) is 6.26 Å². The first-order valence-corrected chi connectivity index (χ1v) is 8.25. The van der Waals surface area contributed by atoms with Crippen LogP contribution in [0.25, 0.3) is 0 Å². The summed E-state index contributed by atoms with van der Waals surface area (Å²) >= 11 is 0. The Morgan fingerprint density at radius 2 is 1.96 bits per heavy atom. The van der Waals surface area contributed by atoms with Crippen molar-refractivity contribution in [3.8, 4) is 0 Å². The van der Waals surface area contributed by atoms with Crippen molar-refractivity contribution in [1.29, 1.82) is 0 Å². The quantitative estimate of drug-likeness (QED) is 0.721. The minimum atomic E-state index is -0.876. The van der Waals surface area contributed by atoms with Crippen LogP contribution in [0.5, 0.6) is 0 Å². The minimum absolute atomic E-state index is 0.139. The predicted molar refractivity (Wildman–Crippen MR) is 95.1 cm³/mol. The fraction of sp³-hybridized carbons (Fsp3) is 0.250. The number of amides is 1. The molecule has 5 nitrogen and oxygen atoms in total. The van der Waals surface area contributed by atoms with Crippen molar-refractivity contribution in [2.75, 3.05) is 6.54 Å². The molecule has 1 amide bonds. The maximum absolute atomic E-state index is 13.0. The number of aromatic amines is 1. The topological polar surface area (TPSA) is 69.5 Å². The Labute approximate surface area is 146 Å². The molecular weight excluding hydrogens is 316 g/mol.